The molecule has 0 atom stereocenters. The SMILES string of the molecule is COCCn1ccc2cc(NC(=O)c3csc(-c4ccc(OC)cc4)n3)ccc21. The van der Waals surface area contributed by atoms with Gasteiger partial charge in [0.2, 0.25) is 0 Å². The van der Waals surface area contributed by atoms with Crippen molar-refractivity contribution in [2.24, 2.45) is 0 Å². The van der Waals surface area contributed by atoms with Gasteiger partial charge in [0.1, 0.15) is 16.5 Å². The maximum absolute atomic E-state index is 12.6. The second-order valence-electron chi connectivity index (χ2n) is 6.50. The molecular weight excluding hydrogens is 386 g/mol. The standard InChI is InChI=1S/C22H21N3O3S/c1-27-12-11-25-10-9-16-13-17(5-8-20(16)25)23-21(26)19-14-29-22(24-19)15-3-6-18(28-2)7-4-15/h3-10,13-14H,11-12H2,1-2H3,(H,23,26). The highest BCUT2D eigenvalue weighted by molar-refractivity contribution is 7.13. The number of hydrogen-bond acceptors (Lipinski definition) is 5. The molecule has 6 nitrogen and oxygen atoms in total. The summed E-state index contributed by atoms with van der Waals surface area (Å²) in [6, 6.07) is 15.5. The van der Waals surface area contributed by atoms with E-state index in [0.29, 0.717) is 12.3 Å². The number of nitrogens with zero attached hydrogens (tertiary/aromatic N) is 2. The molecule has 0 radical (unpaired) electrons. The van der Waals surface area contributed by atoms with E-state index in [9.17, 15) is 4.79 Å². The number of amides is 1. The Morgan fingerprint density at radius 3 is 2.72 bits per heavy atom. The number of nitrogens with one attached hydrogen (secondary N) is 1. The van der Waals surface area contributed by atoms with Gasteiger partial charge in [0.25, 0.3) is 5.91 Å². The Labute approximate surface area is 172 Å². The first-order chi connectivity index (χ1) is 14.2. The highest BCUT2D eigenvalue weighted by Crippen LogP contribution is 2.26. The van der Waals surface area contributed by atoms with Crippen LogP contribution in [0.4, 0.5) is 5.69 Å². The largest absolute Gasteiger partial charge is 0.497 e. The minimum absolute atomic E-state index is 0.223. The molecule has 0 saturated heterocycles. The molecule has 0 aliphatic heterocycles. The lowest BCUT2D eigenvalue weighted by Gasteiger charge is -2.06. The molecule has 0 unspecified atom stereocenters. The van der Waals surface area contributed by atoms with Crippen molar-refractivity contribution in [2.45, 2.75) is 6.54 Å². The molecule has 2 aromatic heterocycles. The van der Waals surface area contributed by atoms with Gasteiger partial charge in [-0.1, -0.05) is 0 Å². The Kier molecular flexibility index (Phi) is 5.59. The molecule has 148 valence electrons. The Balaban J connectivity index is 1.48. The van der Waals surface area contributed by atoms with Crippen LogP contribution in [0.2, 0.25) is 0 Å². The van der Waals surface area contributed by atoms with Crippen LogP contribution in [-0.2, 0) is 11.3 Å². The number of hydrogen-bond donors (Lipinski definition) is 1. The van der Waals surface area contributed by atoms with E-state index in [1.54, 1.807) is 19.6 Å². The molecule has 4 aromatic rings. The first-order valence-electron chi connectivity index (χ1n) is 9.17. The van der Waals surface area contributed by atoms with Crippen LogP contribution >= 0.6 is 11.3 Å². The smallest absolute Gasteiger partial charge is 0.275 e. The highest BCUT2D eigenvalue weighted by Gasteiger charge is 2.13. The minimum Gasteiger partial charge on any atom is -0.497 e. The van der Waals surface area contributed by atoms with Crippen LogP contribution in [0.15, 0.2) is 60.1 Å². The lowest BCUT2D eigenvalue weighted by molar-refractivity contribution is 0.102. The monoisotopic (exact) mass is 407 g/mol. The Morgan fingerprint density at radius 2 is 1.97 bits per heavy atom. The molecule has 0 spiro atoms. The molecule has 0 aliphatic carbocycles. The summed E-state index contributed by atoms with van der Waals surface area (Å²) in [5, 5.41) is 6.57. The molecule has 1 N–H and O–H groups in total. The van der Waals surface area contributed by atoms with E-state index in [-0.39, 0.29) is 5.91 Å². The predicted molar refractivity (Wildman–Crippen MR) is 116 cm³/mol. The number of ether oxygens (including phenoxy) is 2. The predicted octanol–water partition coefficient (Wildman–Crippen LogP) is 4.67. The molecule has 0 bridgehead atoms. The molecule has 29 heavy (non-hydrogen) atoms. The quantitative estimate of drug-likeness (QED) is 0.483. The lowest BCUT2D eigenvalue weighted by atomic mass is 10.2. The maximum atomic E-state index is 12.6. The summed E-state index contributed by atoms with van der Waals surface area (Å²) < 4.78 is 12.5. The van der Waals surface area contributed by atoms with Crippen molar-refractivity contribution in [3.8, 4) is 16.3 Å². The van der Waals surface area contributed by atoms with Gasteiger partial charge < -0.3 is 19.4 Å². The summed E-state index contributed by atoms with van der Waals surface area (Å²) in [4.78, 5) is 17.1. The molecule has 2 aromatic carbocycles. The van der Waals surface area contributed by atoms with Gasteiger partial charge in [-0.05, 0) is 48.5 Å². The van der Waals surface area contributed by atoms with Gasteiger partial charge in [0.15, 0.2) is 0 Å². The van der Waals surface area contributed by atoms with Crippen molar-refractivity contribution < 1.29 is 14.3 Å². The third kappa shape index (κ3) is 4.16. The average Bonchev–Trinajstić information content (AvgIpc) is 3.39. The van der Waals surface area contributed by atoms with E-state index in [2.05, 4.69) is 14.9 Å². The highest BCUT2D eigenvalue weighted by atomic mass is 32.1. The second-order valence-corrected chi connectivity index (χ2v) is 7.35. The molecule has 0 fully saturated rings. The van der Waals surface area contributed by atoms with Crippen LogP contribution < -0.4 is 10.1 Å². The van der Waals surface area contributed by atoms with Gasteiger partial charge in [0.05, 0.1) is 13.7 Å². The fraction of sp³-hybridized carbons (Fsp3) is 0.182. The number of carbonyl (C=O) groups excluding carboxylic acids is 1. The first kappa shape index (κ1) is 19.2. The third-order valence-electron chi connectivity index (χ3n) is 4.64. The number of fused-ring (bicyclic) bond motifs is 1. The van der Waals surface area contributed by atoms with Gasteiger partial charge in [-0.25, -0.2) is 4.98 Å². The number of carbonyl (C=O) groups is 1. The van der Waals surface area contributed by atoms with Crippen LogP contribution in [0.1, 0.15) is 10.5 Å². The van der Waals surface area contributed by atoms with Crippen LogP contribution in [-0.4, -0.2) is 36.3 Å². The van der Waals surface area contributed by atoms with Crippen molar-refractivity contribution in [1.29, 1.82) is 0 Å². The number of benzene rings is 2. The number of anilines is 1. The first-order valence-corrected chi connectivity index (χ1v) is 10.0. The minimum atomic E-state index is -0.223. The number of thiazole rings is 1. The zero-order chi connectivity index (χ0) is 20.2. The van der Waals surface area contributed by atoms with Crippen molar-refractivity contribution in [3.63, 3.8) is 0 Å². The molecule has 7 heteroatoms. The number of aromatic nitrogens is 2. The normalized spacial score (nSPS) is 11.0. The van der Waals surface area contributed by atoms with Crippen molar-refractivity contribution in [2.75, 3.05) is 26.1 Å². The zero-order valence-corrected chi connectivity index (χ0v) is 17.0. The van der Waals surface area contributed by atoms with Crippen LogP contribution in [0.5, 0.6) is 5.75 Å². The van der Waals surface area contributed by atoms with Gasteiger partial charge in [-0.2, -0.15) is 0 Å². The lowest BCUT2D eigenvalue weighted by Crippen LogP contribution is -2.12. The number of rotatable bonds is 7. The zero-order valence-electron chi connectivity index (χ0n) is 16.2. The van der Waals surface area contributed by atoms with Gasteiger partial charge in [-0.15, -0.1) is 11.3 Å². The topological polar surface area (TPSA) is 65.4 Å². The van der Waals surface area contributed by atoms with E-state index in [0.717, 1.165) is 39.5 Å². The third-order valence-corrected chi connectivity index (χ3v) is 5.53. The molecule has 4 rings (SSSR count). The van der Waals surface area contributed by atoms with E-state index >= 15 is 0 Å². The summed E-state index contributed by atoms with van der Waals surface area (Å²) in [7, 11) is 3.32. The molecular formula is C22H21N3O3S. The summed E-state index contributed by atoms with van der Waals surface area (Å²) in [5.41, 5.74) is 3.20. The van der Waals surface area contributed by atoms with Crippen LogP contribution in [0.3, 0.4) is 0 Å². The summed E-state index contributed by atoms with van der Waals surface area (Å²) >= 11 is 1.44. The van der Waals surface area contributed by atoms with E-state index in [4.69, 9.17) is 9.47 Å². The maximum Gasteiger partial charge on any atom is 0.275 e. The summed E-state index contributed by atoms with van der Waals surface area (Å²) in [5.74, 6) is 0.564. The van der Waals surface area contributed by atoms with Crippen molar-refractivity contribution in [3.05, 3.63) is 65.8 Å². The molecule has 0 aliphatic rings. The van der Waals surface area contributed by atoms with Crippen LogP contribution in [0.25, 0.3) is 21.5 Å². The molecule has 1 amide bonds. The number of methoxy groups -OCH3 is 2. The van der Waals surface area contributed by atoms with E-state index in [1.165, 1.54) is 11.3 Å². The summed E-state index contributed by atoms with van der Waals surface area (Å²) in [6.45, 7) is 1.45. The van der Waals surface area contributed by atoms with Crippen molar-refractivity contribution in [1.82, 2.24) is 9.55 Å². The fourth-order valence-electron chi connectivity index (χ4n) is 3.10. The van der Waals surface area contributed by atoms with E-state index in [1.807, 2.05) is 54.7 Å². The molecule has 2 heterocycles. The van der Waals surface area contributed by atoms with Gasteiger partial charge in [-0.3, -0.25) is 4.79 Å². The van der Waals surface area contributed by atoms with Crippen LogP contribution in [0, 0.1) is 0 Å². The van der Waals surface area contributed by atoms with Crippen molar-refractivity contribution >= 4 is 33.8 Å². The van der Waals surface area contributed by atoms with Gasteiger partial charge in [0, 0.05) is 47.4 Å². The fourth-order valence-corrected chi connectivity index (χ4v) is 3.91. The average molecular weight is 407 g/mol. The van der Waals surface area contributed by atoms with E-state index < -0.39 is 0 Å². The molecule has 0 saturated carbocycles. The Hall–Kier alpha value is -3.16. The van der Waals surface area contributed by atoms with Gasteiger partial charge >= 0.3 is 0 Å². The Morgan fingerprint density at radius 1 is 1.14 bits per heavy atom. The Bertz CT molecular complexity index is 1130. The second kappa shape index (κ2) is 8.46. The summed E-state index contributed by atoms with van der Waals surface area (Å²) in [6.07, 6.45) is 2.02.